The lowest BCUT2D eigenvalue weighted by atomic mass is 9.97. The average molecular weight is 289 g/mol. The molecule has 0 spiro atoms. The second-order valence-electron chi connectivity index (χ2n) is 5.66. The molecule has 2 N–H and O–H groups in total. The van der Waals surface area contributed by atoms with Crippen molar-refractivity contribution in [1.82, 2.24) is 9.88 Å². The van der Waals surface area contributed by atoms with E-state index in [-0.39, 0.29) is 0 Å². The predicted molar refractivity (Wildman–Crippen MR) is 86.1 cm³/mol. The molecule has 3 rings (SSSR count). The van der Waals surface area contributed by atoms with Crippen LogP contribution in [0.5, 0.6) is 0 Å². The zero-order valence-electron chi connectivity index (χ0n) is 12.1. The van der Waals surface area contributed by atoms with Gasteiger partial charge in [-0.1, -0.05) is 18.6 Å². The van der Waals surface area contributed by atoms with Crippen molar-refractivity contribution in [2.24, 2.45) is 5.73 Å². The van der Waals surface area contributed by atoms with Gasteiger partial charge in [-0.3, -0.25) is 4.90 Å². The van der Waals surface area contributed by atoms with E-state index in [9.17, 15) is 0 Å². The Labute approximate surface area is 124 Å². The molecule has 108 valence electrons. The summed E-state index contributed by atoms with van der Waals surface area (Å²) in [5.41, 5.74) is 6.91. The van der Waals surface area contributed by atoms with Crippen molar-refractivity contribution < 1.29 is 0 Å². The van der Waals surface area contributed by atoms with Crippen molar-refractivity contribution in [3.05, 3.63) is 29.3 Å². The molecule has 2 aromatic rings. The Morgan fingerprint density at radius 2 is 2.25 bits per heavy atom. The molecule has 0 radical (unpaired) electrons. The number of hydrogen-bond donors (Lipinski definition) is 1. The average Bonchev–Trinajstić information content (AvgIpc) is 2.91. The van der Waals surface area contributed by atoms with E-state index in [0.29, 0.717) is 12.1 Å². The molecule has 0 saturated carbocycles. The molecular weight excluding hydrogens is 266 g/mol. The van der Waals surface area contributed by atoms with Crippen LogP contribution in [-0.2, 0) is 0 Å². The molecule has 2 heterocycles. The monoisotopic (exact) mass is 289 g/mol. The van der Waals surface area contributed by atoms with Gasteiger partial charge in [0.15, 0.2) is 0 Å². The standard InChI is InChI=1S/C16H23N3S/c1-12(19-11-5-4-6-13(19)9-10-17)16-18-14-7-2-3-8-15(14)20-16/h2-3,7-8,12-13H,4-6,9-11,17H2,1H3. The second kappa shape index (κ2) is 6.20. The van der Waals surface area contributed by atoms with Crippen molar-refractivity contribution >= 4 is 21.6 Å². The molecule has 2 atom stereocenters. The summed E-state index contributed by atoms with van der Waals surface area (Å²) in [5.74, 6) is 0. The molecule has 0 aliphatic carbocycles. The summed E-state index contributed by atoms with van der Waals surface area (Å²) < 4.78 is 1.29. The van der Waals surface area contributed by atoms with E-state index < -0.39 is 0 Å². The van der Waals surface area contributed by atoms with E-state index in [2.05, 4.69) is 36.1 Å². The Morgan fingerprint density at radius 3 is 3.05 bits per heavy atom. The van der Waals surface area contributed by atoms with Gasteiger partial charge in [-0.2, -0.15) is 0 Å². The third-order valence-electron chi connectivity index (χ3n) is 4.34. The van der Waals surface area contributed by atoms with E-state index in [1.807, 2.05) is 11.3 Å². The minimum atomic E-state index is 0.407. The minimum Gasteiger partial charge on any atom is -0.330 e. The van der Waals surface area contributed by atoms with Gasteiger partial charge in [-0.15, -0.1) is 11.3 Å². The molecule has 20 heavy (non-hydrogen) atoms. The third kappa shape index (κ3) is 2.73. The van der Waals surface area contributed by atoms with E-state index in [1.54, 1.807) is 0 Å². The first kappa shape index (κ1) is 14.0. The molecule has 1 aromatic carbocycles. The first-order valence-corrected chi connectivity index (χ1v) is 8.42. The van der Waals surface area contributed by atoms with Crippen LogP contribution in [0.1, 0.15) is 43.7 Å². The number of thiazole rings is 1. The van der Waals surface area contributed by atoms with Crippen molar-refractivity contribution in [1.29, 1.82) is 0 Å². The number of aromatic nitrogens is 1. The Hall–Kier alpha value is -0.970. The lowest BCUT2D eigenvalue weighted by Crippen LogP contribution is -2.42. The summed E-state index contributed by atoms with van der Waals surface area (Å²) in [6, 6.07) is 9.47. The van der Waals surface area contributed by atoms with E-state index in [1.165, 1.54) is 35.5 Å². The first-order chi connectivity index (χ1) is 9.79. The molecule has 4 heteroatoms. The van der Waals surface area contributed by atoms with Crippen LogP contribution in [0.2, 0.25) is 0 Å². The summed E-state index contributed by atoms with van der Waals surface area (Å²) in [7, 11) is 0. The Balaban J connectivity index is 1.84. The predicted octanol–water partition coefficient (Wildman–Crippen LogP) is 3.56. The number of piperidine rings is 1. The van der Waals surface area contributed by atoms with Crippen LogP contribution in [0, 0.1) is 0 Å². The second-order valence-corrected chi connectivity index (χ2v) is 6.72. The van der Waals surface area contributed by atoms with Crippen molar-refractivity contribution in [2.45, 2.75) is 44.7 Å². The van der Waals surface area contributed by atoms with Gasteiger partial charge < -0.3 is 5.73 Å². The zero-order valence-corrected chi connectivity index (χ0v) is 12.9. The topological polar surface area (TPSA) is 42.2 Å². The fraction of sp³-hybridized carbons (Fsp3) is 0.562. The maximum absolute atomic E-state index is 5.78. The van der Waals surface area contributed by atoms with E-state index >= 15 is 0 Å². The van der Waals surface area contributed by atoms with Crippen LogP contribution >= 0.6 is 11.3 Å². The normalized spacial score (nSPS) is 22.2. The number of nitrogens with two attached hydrogens (primary N) is 1. The quantitative estimate of drug-likeness (QED) is 0.935. The summed E-state index contributed by atoms with van der Waals surface area (Å²) in [6.45, 7) is 4.27. The van der Waals surface area contributed by atoms with Gasteiger partial charge in [0.2, 0.25) is 0 Å². The number of nitrogens with zero attached hydrogens (tertiary/aromatic N) is 2. The molecule has 0 amide bonds. The maximum Gasteiger partial charge on any atom is 0.111 e. The van der Waals surface area contributed by atoms with Crippen LogP contribution in [-0.4, -0.2) is 29.0 Å². The lowest BCUT2D eigenvalue weighted by Gasteiger charge is -2.39. The number of hydrogen-bond acceptors (Lipinski definition) is 4. The van der Waals surface area contributed by atoms with Crippen LogP contribution in [0.25, 0.3) is 10.2 Å². The van der Waals surface area contributed by atoms with Crippen LogP contribution in [0.15, 0.2) is 24.3 Å². The van der Waals surface area contributed by atoms with Crippen molar-refractivity contribution in [3.8, 4) is 0 Å². The van der Waals surface area contributed by atoms with Crippen LogP contribution in [0.3, 0.4) is 0 Å². The summed E-state index contributed by atoms with van der Waals surface area (Å²) in [4.78, 5) is 7.45. The molecule has 1 aromatic heterocycles. The van der Waals surface area contributed by atoms with Crippen molar-refractivity contribution in [3.63, 3.8) is 0 Å². The highest BCUT2D eigenvalue weighted by atomic mass is 32.1. The van der Waals surface area contributed by atoms with Crippen LogP contribution < -0.4 is 5.73 Å². The smallest absolute Gasteiger partial charge is 0.111 e. The van der Waals surface area contributed by atoms with Crippen LogP contribution in [0.4, 0.5) is 0 Å². The molecule has 1 aliphatic heterocycles. The Bertz CT molecular complexity index is 531. The van der Waals surface area contributed by atoms with Gasteiger partial charge >= 0.3 is 0 Å². The highest BCUT2D eigenvalue weighted by Crippen LogP contribution is 2.33. The lowest BCUT2D eigenvalue weighted by molar-refractivity contribution is 0.0983. The highest BCUT2D eigenvalue weighted by molar-refractivity contribution is 7.18. The van der Waals surface area contributed by atoms with Gasteiger partial charge in [0.25, 0.3) is 0 Å². The van der Waals surface area contributed by atoms with Gasteiger partial charge in [0.05, 0.1) is 16.3 Å². The molecular formula is C16H23N3S. The summed E-state index contributed by atoms with van der Waals surface area (Å²) in [5, 5.41) is 1.25. The van der Waals surface area contributed by atoms with E-state index in [0.717, 1.165) is 18.5 Å². The summed E-state index contributed by atoms with van der Waals surface area (Å²) in [6.07, 6.45) is 5.03. The third-order valence-corrected chi connectivity index (χ3v) is 5.54. The molecule has 3 nitrogen and oxygen atoms in total. The number of para-hydroxylation sites is 1. The Morgan fingerprint density at radius 1 is 1.40 bits per heavy atom. The number of benzene rings is 1. The van der Waals surface area contributed by atoms with Gasteiger partial charge in [-0.05, 0) is 51.4 Å². The first-order valence-electron chi connectivity index (χ1n) is 7.61. The number of likely N-dealkylation sites (tertiary alicyclic amines) is 1. The van der Waals surface area contributed by atoms with E-state index in [4.69, 9.17) is 10.7 Å². The number of rotatable bonds is 4. The van der Waals surface area contributed by atoms with Crippen molar-refractivity contribution in [2.75, 3.05) is 13.1 Å². The van der Waals surface area contributed by atoms with Gasteiger partial charge in [-0.25, -0.2) is 4.98 Å². The fourth-order valence-corrected chi connectivity index (χ4v) is 4.29. The highest BCUT2D eigenvalue weighted by Gasteiger charge is 2.28. The Kier molecular flexibility index (Phi) is 4.34. The minimum absolute atomic E-state index is 0.407. The molecule has 1 aliphatic rings. The fourth-order valence-electron chi connectivity index (χ4n) is 3.25. The molecule has 0 bridgehead atoms. The SMILES string of the molecule is CC(c1nc2ccccc2s1)N1CCCCC1CCN. The zero-order chi connectivity index (χ0) is 13.9. The molecule has 2 unspecified atom stereocenters. The summed E-state index contributed by atoms with van der Waals surface area (Å²) >= 11 is 1.84. The van der Waals surface area contributed by atoms with Gasteiger partial charge in [0.1, 0.15) is 5.01 Å². The number of fused-ring (bicyclic) bond motifs is 1. The van der Waals surface area contributed by atoms with Gasteiger partial charge in [0, 0.05) is 6.04 Å². The molecule has 1 fully saturated rings. The largest absolute Gasteiger partial charge is 0.330 e. The molecule has 1 saturated heterocycles. The maximum atomic E-state index is 5.78.